The van der Waals surface area contributed by atoms with E-state index in [0.29, 0.717) is 23.6 Å². The highest BCUT2D eigenvalue weighted by Gasteiger charge is 2.39. The molecule has 0 saturated heterocycles. The average molecular weight is 316 g/mol. The number of carbonyl (C=O) groups is 1. The molecule has 1 saturated carbocycles. The van der Waals surface area contributed by atoms with Gasteiger partial charge in [-0.05, 0) is 37.5 Å². The molecule has 1 aliphatic carbocycles. The van der Waals surface area contributed by atoms with Crippen LogP contribution in [0.5, 0.6) is 5.75 Å². The monoisotopic (exact) mass is 316 g/mol. The van der Waals surface area contributed by atoms with Gasteiger partial charge in [0.15, 0.2) is 0 Å². The van der Waals surface area contributed by atoms with Gasteiger partial charge >= 0.3 is 0 Å². The van der Waals surface area contributed by atoms with Crippen LogP contribution in [-0.2, 0) is 9.53 Å². The maximum absolute atomic E-state index is 12.6. The number of anilines is 1. The largest absolute Gasteiger partial charge is 0.492 e. The number of benzene rings is 1. The van der Waals surface area contributed by atoms with Crippen molar-refractivity contribution in [3.63, 3.8) is 0 Å². The maximum Gasteiger partial charge on any atom is 0.256 e. The first-order valence-electron chi connectivity index (χ1n) is 8.19. The first kappa shape index (κ1) is 17.3. The van der Waals surface area contributed by atoms with Crippen molar-refractivity contribution in [3.05, 3.63) is 23.8 Å². The van der Waals surface area contributed by atoms with E-state index in [1.165, 1.54) is 0 Å². The lowest BCUT2D eigenvalue weighted by atomic mass is 9.84. The van der Waals surface area contributed by atoms with Crippen molar-refractivity contribution < 1.29 is 14.3 Å². The van der Waals surface area contributed by atoms with Gasteiger partial charge in [0.1, 0.15) is 17.4 Å². The summed E-state index contributed by atoms with van der Waals surface area (Å²) in [7, 11) is 1.59. The molecule has 1 aliphatic rings. The van der Waals surface area contributed by atoms with E-state index in [4.69, 9.17) is 9.47 Å². The summed E-state index contributed by atoms with van der Waals surface area (Å²) in [6.07, 6.45) is 5.47. The van der Waals surface area contributed by atoms with Gasteiger partial charge in [0.25, 0.3) is 5.91 Å². The molecule has 2 rings (SSSR count). The van der Waals surface area contributed by atoms with E-state index in [-0.39, 0.29) is 5.91 Å². The van der Waals surface area contributed by atoms with Crippen LogP contribution in [0.15, 0.2) is 18.2 Å². The number of carbonyl (C=O) groups excluding carboxylic acids is 1. The molecule has 1 N–H and O–H groups in total. The van der Waals surface area contributed by atoms with Crippen LogP contribution in [0.25, 0.3) is 0 Å². The zero-order valence-corrected chi connectivity index (χ0v) is 13.9. The minimum absolute atomic E-state index is 0.134. The number of ether oxygens (including phenoxy) is 2. The lowest BCUT2D eigenvalue weighted by molar-refractivity contribution is -0.141. The Labute approximate surface area is 137 Å². The first-order chi connectivity index (χ1) is 11.1. The minimum atomic E-state index is -0.748. The third-order valence-electron chi connectivity index (χ3n) is 4.29. The summed E-state index contributed by atoms with van der Waals surface area (Å²) in [5.41, 5.74) is 0.270. The van der Waals surface area contributed by atoms with Crippen LogP contribution < -0.4 is 10.1 Å². The van der Waals surface area contributed by atoms with E-state index in [2.05, 4.69) is 11.4 Å². The summed E-state index contributed by atoms with van der Waals surface area (Å²) in [6.45, 7) is 2.57. The molecule has 0 heterocycles. The Morgan fingerprint density at radius 2 is 2.09 bits per heavy atom. The van der Waals surface area contributed by atoms with E-state index in [0.717, 1.165) is 38.5 Å². The smallest absolute Gasteiger partial charge is 0.256 e. The Balaban J connectivity index is 2.13. The highest BCUT2D eigenvalue weighted by molar-refractivity contribution is 5.97. The van der Waals surface area contributed by atoms with Crippen LogP contribution in [0.4, 0.5) is 5.69 Å². The van der Waals surface area contributed by atoms with Gasteiger partial charge in [-0.15, -0.1) is 0 Å². The van der Waals surface area contributed by atoms with Crippen molar-refractivity contribution in [2.24, 2.45) is 0 Å². The second-order valence-corrected chi connectivity index (χ2v) is 5.88. The summed E-state index contributed by atoms with van der Waals surface area (Å²) in [5, 5.41) is 12.1. The zero-order chi connectivity index (χ0) is 16.7. The van der Waals surface area contributed by atoms with Crippen molar-refractivity contribution in [2.45, 2.75) is 51.0 Å². The molecule has 0 unspecified atom stereocenters. The van der Waals surface area contributed by atoms with Gasteiger partial charge in [-0.1, -0.05) is 26.2 Å². The fourth-order valence-electron chi connectivity index (χ4n) is 2.92. The molecule has 0 spiro atoms. The lowest BCUT2D eigenvalue weighted by Gasteiger charge is -2.34. The third kappa shape index (κ3) is 4.02. The Morgan fingerprint density at radius 3 is 2.70 bits per heavy atom. The number of hydrogen-bond acceptors (Lipinski definition) is 4. The molecule has 1 aromatic rings. The van der Waals surface area contributed by atoms with Crippen LogP contribution in [0.2, 0.25) is 0 Å². The van der Waals surface area contributed by atoms with Gasteiger partial charge in [-0.2, -0.15) is 5.26 Å². The van der Waals surface area contributed by atoms with Gasteiger partial charge in [0.2, 0.25) is 0 Å². The highest BCUT2D eigenvalue weighted by atomic mass is 16.5. The van der Waals surface area contributed by atoms with Crippen molar-refractivity contribution in [1.29, 1.82) is 5.26 Å². The maximum atomic E-state index is 12.6. The average Bonchev–Trinajstić information content (AvgIpc) is 2.60. The van der Waals surface area contributed by atoms with Crippen molar-refractivity contribution in [3.8, 4) is 11.8 Å². The number of rotatable bonds is 6. The molecule has 0 radical (unpaired) electrons. The number of nitrogens with one attached hydrogen (secondary N) is 1. The highest BCUT2D eigenvalue weighted by Crippen LogP contribution is 2.32. The standard InChI is InChI=1S/C18H24N2O3/c1-3-11-23-16-8-7-15(12-14(16)13-19)20-17(21)18(22-2)9-5-4-6-10-18/h7-8,12H,3-6,9-11H2,1-2H3,(H,20,21). The van der Waals surface area contributed by atoms with Crippen LogP contribution in [0.3, 0.4) is 0 Å². The Kier molecular flexibility index (Phi) is 6.00. The fraction of sp³-hybridized carbons (Fsp3) is 0.556. The lowest BCUT2D eigenvalue weighted by Crippen LogP contribution is -2.46. The molecule has 5 heteroatoms. The van der Waals surface area contributed by atoms with E-state index in [1.54, 1.807) is 25.3 Å². The van der Waals surface area contributed by atoms with Crippen molar-refractivity contribution in [2.75, 3.05) is 19.0 Å². The molecule has 1 aromatic carbocycles. The molecule has 1 amide bonds. The predicted molar refractivity (Wildman–Crippen MR) is 88.4 cm³/mol. The Morgan fingerprint density at radius 1 is 1.35 bits per heavy atom. The molecule has 5 nitrogen and oxygen atoms in total. The normalized spacial score (nSPS) is 16.4. The second-order valence-electron chi connectivity index (χ2n) is 5.88. The number of hydrogen-bond donors (Lipinski definition) is 1. The van der Waals surface area contributed by atoms with Crippen LogP contribution >= 0.6 is 0 Å². The molecule has 23 heavy (non-hydrogen) atoms. The van der Waals surface area contributed by atoms with Crippen molar-refractivity contribution in [1.82, 2.24) is 0 Å². The molecule has 0 aromatic heterocycles. The van der Waals surface area contributed by atoms with Gasteiger partial charge in [0, 0.05) is 12.8 Å². The van der Waals surface area contributed by atoms with Gasteiger partial charge in [0.05, 0.1) is 12.2 Å². The first-order valence-corrected chi connectivity index (χ1v) is 8.19. The summed E-state index contributed by atoms with van der Waals surface area (Å²) < 4.78 is 11.1. The van der Waals surface area contributed by atoms with Crippen LogP contribution in [-0.4, -0.2) is 25.2 Å². The number of nitrogens with zero attached hydrogens (tertiary/aromatic N) is 1. The van der Waals surface area contributed by atoms with E-state index in [9.17, 15) is 10.1 Å². The predicted octanol–water partition coefficient (Wildman–Crippen LogP) is 3.63. The fourth-order valence-corrected chi connectivity index (χ4v) is 2.92. The van der Waals surface area contributed by atoms with Gasteiger partial charge in [-0.25, -0.2) is 0 Å². The summed E-state index contributed by atoms with van der Waals surface area (Å²) in [5.74, 6) is 0.414. The minimum Gasteiger partial charge on any atom is -0.492 e. The molecular formula is C18H24N2O3. The third-order valence-corrected chi connectivity index (χ3v) is 4.29. The number of nitriles is 1. The Bertz CT molecular complexity index is 586. The van der Waals surface area contributed by atoms with E-state index >= 15 is 0 Å². The van der Waals surface area contributed by atoms with E-state index < -0.39 is 5.60 Å². The number of amides is 1. The molecule has 0 aliphatic heterocycles. The van der Waals surface area contributed by atoms with Crippen LogP contribution in [0.1, 0.15) is 51.0 Å². The van der Waals surface area contributed by atoms with Crippen LogP contribution in [0, 0.1) is 11.3 Å². The number of methoxy groups -OCH3 is 1. The summed E-state index contributed by atoms with van der Waals surface area (Å²) >= 11 is 0. The summed E-state index contributed by atoms with van der Waals surface area (Å²) in [4.78, 5) is 12.6. The second kappa shape index (κ2) is 7.98. The molecule has 1 fully saturated rings. The van der Waals surface area contributed by atoms with E-state index in [1.807, 2.05) is 6.92 Å². The molecule has 0 bridgehead atoms. The molecular weight excluding hydrogens is 292 g/mol. The topological polar surface area (TPSA) is 71.3 Å². The SMILES string of the molecule is CCCOc1ccc(NC(=O)C2(OC)CCCCC2)cc1C#N. The zero-order valence-electron chi connectivity index (χ0n) is 13.9. The Hall–Kier alpha value is -2.06. The van der Waals surface area contributed by atoms with Crippen molar-refractivity contribution >= 4 is 11.6 Å². The molecule has 0 atom stereocenters. The van der Waals surface area contributed by atoms with Gasteiger partial charge < -0.3 is 14.8 Å². The molecule has 124 valence electrons. The van der Waals surface area contributed by atoms with Gasteiger partial charge in [-0.3, -0.25) is 4.79 Å². The quantitative estimate of drug-likeness (QED) is 0.870. The summed E-state index contributed by atoms with van der Waals surface area (Å²) in [6, 6.07) is 7.25.